The monoisotopic (exact) mass is 390 g/mol. The molecule has 1 N–H and O–H groups in total. The molecular weight excluding hydrogens is 356 g/mol. The first-order valence-electron chi connectivity index (χ1n) is 10.6. The van der Waals surface area contributed by atoms with Crippen LogP contribution in [0.5, 0.6) is 0 Å². The maximum Gasteiger partial charge on any atom is 0.336 e. The molecule has 4 aliphatic rings. The highest BCUT2D eigenvalue weighted by Gasteiger charge is 2.60. The zero-order valence-corrected chi connectivity index (χ0v) is 17.6. The molecule has 0 bridgehead atoms. The van der Waals surface area contributed by atoms with E-state index in [9.17, 15) is 9.90 Å². The second-order valence-corrected chi connectivity index (χ2v) is 10.2. The molecule has 28 heavy (non-hydrogen) atoms. The average molecular weight is 391 g/mol. The Morgan fingerprint density at radius 3 is 2.64 bits per heavy atom. The van der Waals surface area contributed by atoms with Crippen LogP contribution in [0.4, 0.5) is 0 Å². The van der Waals surface area contributed by atoms with Crippen LogP contribution in [0.25, 0.3) is 0 Å². The Morgan fingerprint density at radius 1 is 1.21 bits per heavy atom. The fourth-order valence-corrected chi connectivity index (χ4v) is 6.43. The number of rotatable bonds is 2. The van der Waals surface area contributed by atoms with Gasteiger partial charge in [0.15, 0.2) is 5.79 Å². The number of allylic oxidation sites excluding steroid dienone is 2. The lowest BCUT2D eigenvalue weighted by Gasteiger charge is -2.63. The second kappa shape index (κ2) is 6.68. The summed E-state index contributed by atoms with van der Waals surface area (Å²) in [6, 6.07) is 0. The normalized spacial score (nSPS) is 46.8. The van der Waals surface area contributed by atoms with E-state index in [-0.39, 0.29) is 35.4 Å². The van der Waals surface area contributed by atoms with Crippen molar-refractivity contribution in [3.8, 4) is 0 Å². The summed E-state index contributed by atoms with van der Waals surface area (Å²) in [5, 5.41) is 10.0. The first-order chi connectivity index (χ1) is 13.1. The molecule has 4 fully saturated rings. The predicted molar refractivity (Wildman–Crippen MR) is 105 cm³/mol. The van der Waals surface area contributed by atoms with Crippen LogP contribution in [-0.4, -0.2) is 42.3 Å². The van der Waals surface area contributed by atoms with Crippen LogP contribution in [0.2, 0.25) is 0 Å². The molecule has 0 aromatic carbocycles. The number of aliphatic hydroxyl groups excluding tert-OH is 1. The van der Waals surface area contributed by atoms with Gasteiger partial charge in [0.25, 0.3) is 0 Å². The van der Waals surface area contributed by atoms with Gasteiger partial charge in [0.2, 0.25) is 0 Å². The zero-order valence-electron chi connectivity index (χ0n) is 17.6. The third-order valence-corrected chi connectivity index (χ3v) is 8.01. The molecule has 0 aromatic heterocycles. The summed E-state index contributed by atoms with van der Waals surface area (Å²) in [6.45, 7) is 13.9. The van der Waals surface area contributed by atoms with Crippen LogP contribution in [0.15, 0.2) is 23.8 Å². The number of cyclic esters (lactones) is 1. The van der Waals surface area contributed by atoms with Crippen LogP contribution in [0.3, 0.4) is 0 Å². The third-order valence-electron chi connectivity index (χ3n) is 8.01. The lowest BCUT2D eigenvalue weighted by atomic mass is 9.46. The Balaban J connectivity index is 1.61. The molecule has 2 heterocycles. The Kier molecular flexibility index (Phi) is 4.80. The van der Waals surface area contributed by atoms with Gasteiger partial charge < -0.3 is 19.3 Å². The van der Waals surface area contributed by atoms with Crippen molar-refractivity contribution < 1.29 is 24.1 Å². The molecule has 2 aliphatic heterocycles. The second-order valence-electron chi connectivity index (χ2n) is 10.2. The van der Waals surface area contributed by atoms with Crippen LogP contribution in [0.1, 0.15) is 59.8 Å². The van der Waals surface area contributed by atoms with Gasteiger partial charge in [0.1, 0.15) is 12.7 Å². The molecule has 0 unspecified atom stereocenters. The summed E-state index contributed by atoms with van der Waals surface area (Å²) in [6.07, 6.45) is 6.22. The Hall–Kier alpha value is -1.17. The molecule has 5 nitrogen and oxygen atoms in total. The smallest absolute Gasteiger partial charge is 0.336 e. The number of hydrogen-bond donors (Lipinski definition) is 1. The molecule has 2 saturated heterocycles. The Bertz CT molecular complexity index is 710. The molecule has 0 spiro atoms. The number of carbonyl (C=O) groups is 1. The third kappa shape index (κ3) is 3.06. The topological polar surface area (TPSA) is 65.0 Å². The summed E-state index contributed by atoms with van der Waals surface area (Å²) in [7, 11) is 0. The van der Waals surface area contributed by atoms with Gasteiger partial charge in [-0.1, -0.05) is 32.1 Å². The van der Waals surface area contributed by atoms with Crippen molar-refractivity contribution in [2.45, 2.75) is 77.8 Å². The van der Waals surface area contributed by atoms with Crippen molar-refractivity contribution in [3.63, 3.8) is 0 Å². The molecule has 4 rings (SSSR count). The van der Waals surface area contributed by atoms with Gasteiger partial charge in [-0.3, -0.25) is 0 Å². The predicted octanol–water partition coefficient (Wildman–Crippen LogP) is 3.76. The summed E-state index contributed by atoms with van der Waals surface area (Å²) >= 11 is 0. The number of fused-ring (bicyclic) bond motifs is 3. The van der Waals surface area contributed by atoms with Gasteiger partial charge in [-0.05, 0) is 63.2 Å². The number of esters is 1. The average Bonchev–Trinajstić information content (AvgIpc) is 2.93. The van der Waals surface area contributed by atoms with E-state index in [0.717, 1.165) is 38.7 Å². The fourth-order valence-electron chi connectivity index (χ4n) is 6.43. The van der Waals surface area contributed by atoms with Gasteiger partial charge in [-0.2, -0.15) is 0 Å². The molecule has 156 valence electrons. The highest BCUT2D eigenvalue weighted by Crippen LogP contribution is 2.63. The minimum atomic E-state index is -0.802. The summed E-state index contributed by atoms with van der Waals surface area (Å²) < 4.78 is 17.4. The number of ether oxygens (including phenoxy) is 3. The minimum absolute atomic E-state index is 0.0135. The van der Waals surface area contributed by atoms with E-state index >= 15 is 0 Å². The van der Waals surface area contributed by atoms with Crippen molar-refractivity contribution in [1.82, 2.24) is 0 Å². The van der Waals surface area contributed by atoms with E-state index in [4.69, 9.17) is 14.2 Å². The van der Waals surface area contributed by atoms with Gasteiger partial charge in [0, 0.05) is 5.41 Å². The van der Waals surface area contributed by atoms with Crippen LogP contribution in [-0.2, 0) is 19.0 Å². The standard InChI is InChI=1S/C23H34O5/c1-14-6-9-18-22(4,16(14)8-7-15-17(24)12-26-20(15)25)11-10-19-23(18,5)13-27-21(2,3)28-19/h7,16-19,24H,1,6,8-13H2,2-5H3/b15-7+/t16-,17-,18-,19+,22+,23-/m0/s1. The van der Waals surface area contributed by atoms with Gasteiger partial charge in [0.05, 0.1) is 18.3 Å². The lowest BCUT2D eigenvalue weighted by molar-refractivity contribution is -0.344. The largest absolute Gasteiger partial charge is 0.459 e. The zero-order chi connectivity index (χ0) is 20.3. The van der Waals surface area contributed by atoms with E-state index in [1.165, 1.54) is 5.57 Å². The van der Waals surface area contributed by atoms with Crippen molar-refractivity contribution in [2.24, 2.45) is 22.7 Å². The quantitative estimate of drug-likeness (QED) is 0.442. The summed E-state index contributed by atoms with van der Waals surface area (Å²) in [4.78, 5) is 11.9. The highest BCUT2D eigenvalue weighted by atomic mass is 16.7. The Morgan fingerprint density at radius 2 is 1.96 bits per heavy atom. The first kappa shape index (κ1) is 20.1. The lowest BCUT2D eigenvalue weighted by Crippen LogP contribution is -2.62. The molecule has 2 saturated carbocycles. The number of hydrogen-bond acceptors (Lipinski definition) is 5. The van der Waals surface area contributed by atoms with E-state index in [0.29, 0.717) is 11.5 Å². The molecule has 0 radical (unpaired) electrons. The number of carbonyl (C=O) groups excluding carboxylic acids is 1. The molecule has 0 aromatic rings. The molecular formula is C23H34O5. The van der Waals surface area contributed by atoms with Crippen molar-refractivity contribution in [3.05, 3.63) is 23.8 Å². The fraction of sp³-hybridized carbons (Fsp3) is 0.783. The van der Waals surface area contributed by atoms with Crippen molar-refractivity contribution in [1.29, 1.82) is 0 Å². The maximum absolute atomic E-state index is 11.9. The molecule has 0 amide bonds. The minimum Gasteiger partial charge on any atom is -0.459 e. The molecule has 5 heteroatoms. The van der Waals surface area contributed by atoms with E-state index in [1.54, 1.807) is 0 Å². The van der Waals surface area contributed by atoms with Crippen LogP contribution in [0, 0.1) is 22.7 Å². The van der Waals surface area contributed by atoms with Crippen LogP contribution < -0.4 is 0 Å². The van der Waals surface area contributed by atoms with E-state index in [1.807, 2.05) is 19.9 Å². The van der Waals surface area contributed by atoms with Crippen LogP contribution >= 0.6 is 0 Å². The van der Waals surface area contributed by atoms with Crippen molar-refractivity contribution in [2.75, 3.05) is 13.2 Å². The van der Waals surface area contributed by atoms with Gasteiger partial charge >= 0.3 is 5.97 Å². The summed E-state index contributed by atoms with van der Waals surface area (Å²) in [5.41, 5.74) is 1.74. The maximum atomic E-state index is 11.9. The first-order valence-corrected chi connectivity index (χ1v) is 10.6. The summed E-state index contributed by atoms with van der Waals surface area (Å²) in [5.74, 6) is -0.141. The number of aliphatic hydroxyl groups is 1. The van der Waals surface area contributed by atoms with Gasteiger partial charge in [-0.15, -0.1) is 0 Å². The highest BCUT2D eigenvalue weighted by molar-refractivity contribution is 5.91. The van der Waals surface area contributed by atoms with E-state index in [2.05, 4.69) is 20.4 Å². The molecule has 6 atom stereocenters. The Labute approximate surface area is 168 Å². The van der Waals surface area contributed by atoms with Gasteiger partial charge in [-0.25, -0.2) is 4.79 Å². The SMILES string of the molecule is C=C1CC[C@@H]2[C@]3(C)COC(C)(C)O[C@@H]3CC[C@]2(C)[C@H]1C/C=C1/C(=O)OC[C@@H]1O. The van der Waals surface area contributed by atoms with E-state index < -0.39 is 11.9 Å². The van der Waals surface area contributed by atoms with Crippen molar-refractivity contribution >= 4 is 5.97 Å². The molecule has 2 aliphatic carbocycles.